The van der Waals surface area contributed by atoms with E-state index in [1.807, 2.05) is 18.4 Å². The zero-order chi connectivity index (χ0) is 18.7. The molecule has 0 unspecified atom stereocenters. The molecule has 0 aliphatic rings. The molecule has 0 fully saturated rings. The van der Waals surface area contributed by atoms with Crippen molar-refractivity contribution >= 4 is 17.2 Å². The molecule has 0 atom stereocenters. The fraction of sp³-hybridized carbons (Fsp3) is 0.200. The van der Waals surface area contributed by atoms with Crippen LogP contribution in [0.5, 0.6) is 5.75 Å². The Morgan fingerprint density at radius 1 is 1.23 bits per heavy atom. The van der Waals surface area contributed by atoms with Crippen molar-refractivity contribution < 1.29 is 13.9 Å². The molecule has 0 aliphatic heterocycles. The Morgan fingerprint density at radius 2 is 1.96 bits per heavy atom. The van der Waals surface area contributed by atoms with Gasteiger partial charge in [0.2, 0.25) is 0 Å². The zero-order valence-electron chi connectivity index (χ0n) is 14.8. The number of halogens is 1. The third kappa shape index (κ3) is 3.60. The maximum Gasteiger partial charge on any atom is 0.279 e. The number of methoxy groups -OCH3 is 1. The lowest BCUT2D eigenvalue weighted by Gasteiger charge is -2.07. The normalized spacial score (nSPS) is 11.6. The number of nitrogens with zero attached hydrogens (tertiary/aromatic N) is 2. The number of aromatic nitrogens is 1. The Hall–Kier alpha value is -2.73. The standard InChI is InChI=1S/C20H19FN2O2S/c1-4-23-18(14-8-10-16(21)11-9-14)13(2)26-20(23)22-19(24)15-6-5-7-17(12-15)25-3/h5-12H,4H2,1-3H3. The van der Waals surface area contributed by atoms with Crippen LogP contribution in [0.2, 0.25) is 0 Å². The highest BCUT2D eigenvalue weighted by molar-refractivity contribution is 7.09. The molecule has 0 saturated carbocycles. The maximum absolute atomic E-state index is 13.2. The Bertz CT molecular complexity index is 1000. The van der Waals surface area contributed by atoms with Crippen LogP contribution in [0.3, 0.4) is 0 Å². The number of benzene rings is 2. The molecule has 1 heterocycles. The van der Waals surface area contributed by atoms with E-state index in [9.17, 15) is 9.18 Å². The first kappa shape index (κ1) is 18.1. The van der Waals surface area contributed by atoms with E-state index >= 15 is 0 Å². The number of carbonyl (C=O) groups excluding carboxylic acids is 1. The van der Waals surface area contributed by atoms with Gasteiger partial charge in [-0.3, -0.25) is 4.79 Å². The molecule has 3 aromatic rings. The van der Waals surface area contributed by atoms with E-state index in [1.54, 1.807) is 43.5 Å². The first-order chi connectivity index (χ1) is 12.5. The molecule has 2 aromatic carbocycles. The monoisotopic (exact) mass is 370 g/mol. The SMILES string of the molecule is CCn1c(-c2ccc(F)cc2)c(C)sc1=NC(=O)c1cccc(OC)c1. The minimum atomic E-state index is -0.321. The fourth-order valence-electron chi connectivity index (χ4n) is 2.78. The van der Waals surface area contributed by atoms with Crippen LogP contribution in [-0.4, -0.2) is 17.6 Å². The van der Waals surface area contributed by atoms with E-state index in [0.717, 1.165) is 16.1 Å². The van der Waals surface area contributed by atoms with Crippen molar-refractivity contribution in [2.45, 2.75) is 20.4 Å². The second kappa shape index (κ2) is 7.66. The number of aryl methyl sites for hydroxylation is 1. The molecule has 6 heteroatoms. The molecule has 0 radical (unpaired) electrons. The molecule has 1 aromatic heterocycles. The zero-order valence-corrected chi connectivity index (χ0v) is 15.6. The van der Waals surface area contributed by atoms with Crippen LogP contribution < -0.4 is 9.54 Å². The average molecular weight is 370 g/mol. The summed E-state index contributed by atoms with van der Waals surface area (Å²) in [7, 11) is 1.56. The van der Waals surface area contributed by atoms with E-state index in [1.165, 1.54) is 23.5 Å². The van der Waals surface area contributed by atoms with Crippen molar-refractivity contribution in [1.82, 2.24) is 4.57 Å². The summed E-state index contributed by atoms with van der Waals surface area (Å²) < 4.78 is 20.4. The summed E-state index contributed by atoms with van der Waals surface area (Å²) in [6.07, 6.45) is 0. The molecule has 0 saturated heterocycles. The lowest BCUT2D eigenvalue weighted by Crippen LogP contribution is -2.17. The summed E-state index contributed by atoms with van der Waals surface area (Å²) in [6.45, 7) is 4.63. The molecule has 0 bridgehead atoms. The van der Waals surface area contributed by atoms with E-state index in [0.29, 0.717) is 22.7 Å². The number of rotatable bonds is 4. The maximum atomic E-state index is 13.2. The second-order valence-electron chi connectivity index (χ2n) is 5.69. The van der Waals surface area contributed by atoms with Crippen molar-refractivity contribution in [3.05, 3.63) is 69.6 Å². The molecule has 0 spiro atoms. The number of amides is 1. The lowest BCUT2D eigenvalue weighted by molar-refractivity contribution is 0.0997. The number of ether oxygens (including phenoxy) is 1. The first-order valence-corrected chi connectivity index (χ1v) is 9.04. The van der Waals surface area contributed by atoms with Gasteiger partial charge in [0, 0.05) is 17.0 Å². The summed E-state index contributed by atoms with van der Waals surface area (Å²) >= 11 is 1.45. The number of carbonyl (C=O) groups is 1. The highest BCUT2D eigenvalue weighted by Gasteiger charge is 2.13. The van der Waals surface area contributed by atoms with Crippen molar-refractivity contribution in [2.24, 2.45) is 4.99 Å². The van der Waals surface area contributed by atoms with Crippen LogP contribution in [0, 0.1) is 12.7 Å². The summed E-state index contributed by atoms with van der Waals surface area (Å²) in [5.74, 6) is 0.0181. The average Bonchev–Trinajstić information content (AvgIpc) is 2.97. The van der Waals surface area contributed by atoms with Gasteiger partial charge in [-0.15, -0.1) is 11.3 Å². The van der Waals surface area contributed by atoms with E-state index in [2.05, 4.69) is 4.99 Å². The van der Waals surface area contributed by atoms with Gasteiger partial charge in [0.25, 0.3) is 5.91 Å². The predicted molar refractivity (Wildman–Crippen MR) is 101 cm³/mol. The van der Waals surface area contributed by atoms with E-state index in [4.69, 9.17) is 4.74 Å². The highest BCUT2D eigenvalue weighted by Crippen LogP contribution is 2.25. The van der Waals surface area contributed by atoms with Crippen LogP contribution in [-0.2, 0) is 6.54 Å². The molecule has 1 amide bonds. The van der Waals surface area contributed by atoms with Crippen LogP contribution >= 0.6 is 11.3 Å². The minimum Gasteiger partial charge on any atom is -0.497 e. The summed E-state index contributed by atoms with van der Waals surface area (Å²) in [5.41, 5.74) is 2.33. The minimum absolute atomic E-state index is 0.275. The third-order valence-corrected chi connectivity index (χ3v) is 5.02. The quantitative estimate of drug-likeness (QED) is 0.682. The summed E-state index contributed by atoms with van der Waals surface area (Å²) in [5, 5.41) is 0. The Morgan fingerprint density at radius 3 is 2.62 bits per heavy atom. The molecular formula is C20H19FN2O2S. The summed E-state index contributed by atoms with van der Waals surface area (Å²) in [6, 6.07) is 13.3. The van der Waals surface area contributed by atoms with Gasteiger partial charge in [0.05, 0.1) is 12.8 Å². The van der Waals surface area contributed by atoms with Crippen molar-refractivity contribution in [3.8, 4) is 17.0 Å². The molecular weight excluding hydrogens is 351 g/mol. The topological polar surface area (TPSA) is 43.6 Å². The highest BCUT2D eigenvalue weighted by atomic mass is 32.1. The summed E-state index contributed by atoms with van der Waals surface area (Å²) in [4.78, 5) is 18.5. The Kier molecular flexibility index (Phi) is 5.32. The van der Waals surface area contributed by atoms with Gasteiger partial charge >= 0.3 is 0 Å². The fourth-order valence-corrected chi connectivity index (χ4v) is 3.83. The van der Waals surface area contributed by atoms with Gasteiger partial charge in [-0.1, -0.05) is 6.07 Å². The predicted octanol–water partition coefficient (Wildman–Crippen LogP) is 4.43. The largest absolute Gasteiger partial charge is 0.497 e. The third-order valence-electron chi connectivity index (χ3n) is 4.03. The van der Waals surface area contributed by atoms with Gasteiger partial charge in [0.1, 0.15) is 11.6 Å². The van der Waals surface area contributed by atoms with Crippen LogP contribution in [0.4, 0.5) is 4.39 Å². The molecule has 0 N–H and O–H groups in total. The van der Waals surface area contributed by atoms with Crippen molar-refractivity contribution in [2.75, 3.05) is 7.11 Å². The first-order valence-electron chi connectivity index (χ1n) is 8.22. The van der Waals surface area contributed by atoms with E-state index < -0.39 is 0 Å². The molecule has 4 nitrogen and oxygen atoms in total. The van der Waals surface area contributed by atoms with Crippen LogP contribution in [0.1, 0.15) is 22.2 Å². The molecule has 0 aliphatic carbocycles. The molecule has 134 valence electrons. The molecule has 3 rings (SSSR count). The van der Waals surface area contributed by atoms with Gasteiger partial charge in [-0.05, 0) is 61.9 Å². The number of hydrogen-bond donors (Lipinski definition) is 0. The van der Waals surface area contributed by atoms with Gasteiger partial charge in [0.15, 0.2) is 4.80 Å². The van der Waals surface area contributed by atoms with Crippen LogP contribution in [0.25, 0.3) is 11.3 Å². The number of thiazole rings is 1. The van der Waals surface area contributed by atoms with Crippen molar-refractivity contribution in [3.63, 3.8) is 0 Å². The van der Waals surface area contributed by atoms with Crippen LogP contribution in [0.15, 0.2) is 53.5 Å². The smallest absolute Gasteiger partial charge is 0.279 e. The number of hydrogen-bond acceptors (Lipinski definition) is 3. The Balaban J connectivity index is 2.07. The van der Waals surface area contributed by atoms with Gasteiger partial charge in [-0.25, -0.2) is 4.39 Å². The second-order valence-corrected chi connectivity index (χ2v) is 6.87. The van der Waals surface area contributed by atoms with E-state index in [-0.39, 0.29) is 11.7 Å². The van der Waals surface area contributed by atoms with Gasteiger partial charge in [-0.2, -0.15) is 4.99 Å². The van der Waals surface area contributed by atoms with Crippen molar-refractivity contribution in [1.29, 1.82) is 0 Å². The molecule has 26 heavy (non-hydrogen) atoms. The Labute approximate surface area is 155 Å². The van der Waals surface area contributed by atoms with Gasteiger partial charge < -0.3 is 9.30 Å². The lowest BCUT2D eigenvalue weighted by atomic mass is 10.1.